The van der Waals surface area contributed by atoms with E-state index in [9.17, 15) is 0 Å². The molecule has 0 bridgehead atoms. The third-order valence-corrected chi connectivity index (χ3v) is 2.65. The van der Waals surface area contributed by atoms with Crippen molar-refractivity contribution in [3.63, 3.8) is 0 Å². The van der Waals surface area contributed by atoms with Gasteiger partial charge in [-0.3, -0.25) is 10.9 Å². The minimum Gasteiger partial charge on any atom is -0.361 e. The Bertz CT molecular complexity index is 484. The van der Waals surface area contributed by atoms with Gasteiger partial charge in [0.1, 0.15) is 0 Å². The highest BCUT2D eigenvalue weighted by Crippen LogP contribution is 2.12. The van der Waals surface area contributed by atoms with Crippen LogP contribution in [0.5, 0.6) is 0 Å². The second kappa shape index (κ2) is 9.28. The molecule has 20 heavy (non-hydrogen) atoms. The molecule has 3 N–H and O–H groups in total. The second-order valence-electron chi connectivity index (χ2n) is 4.00. The molecule has 0 unspecified atom stereocenters. The normalized spacial score (nSPS) is 11.4. The van der Waals surface area contributed by atoms with Crippen LogP contribution in [0.15, 0.2) is 34.5 Å². The lowest BCUT2D eigenvalue weighted by Crippen LogP contribution is -2.32. The highest BCUT2D eigenvalue weighted by Gasteiger charge is 1.92. The minimum absolute atomic E-state index is 0.501. The van der Waals surface area contributed by atoms with Gasteiger partial charge in [0.15, 0.2) is 5.11 Å². The molecule has 0 amide bonds. The van der Waals surface area contributed by atoms with Crippen LogP contribution in [0, 0.1) is 0 Å². The predicted molar refractivity (Wildman–Crippen MR) is 90.7 cm³/mol. The van der Waals surface area contributed by atoms with Gasteiger partial charge in [0.2, 0.25) is 0 Å². The molecule has 0 aromatic heterocycles. The van der Waals surface area contributed by atoms with E-state index in [0.29, 0.717) is 15.8 Å². The zero-order chi connectivity index (χ0) is 14.8. The fourth-order valence-electron chi connectivity index (χ4n) is 1.17. The Labute approximate surface area is 129 Å². The van der Waals surface area contributed by atoms with E-state index in [0.717, 1.165) is 18.7 Å². The van der Waals surface area contributed by atoms with Crippen molar-refractivity contribution in [1.82, 2.24) is 10.7 Å². The summed E-state index contributed by atoms with van der Waals surface area (Å²) in [5.41, 5.74) is 7.19. The molecular weight excluding hydrogens is 294 g/mol. The lowest BCUT2D eigenvalue weighted by Gasteiger charge is -2.04. The molecule has 0 aliphatic heterocycles. The fourth-order valence-corrected chi connectivity index (χ4v) is 1.45. The SMILES string of the molecule is CCCNC(=S)NN=CC(C)=NNc1ccc(Cl)cc1. The first-order valence-electron chi connectivity index (χ1n) is 6.24. The topological polar surface area (TPSA) is 60.8 Å². The van der Waals surface area contributed by atoms with E-state index in [1.54, 1.807) is 18.3 Å². The summed E-state index contributed by atoms with van der Waals surface area (Å²) < 4.78 is 0. The van der Waals surface area contributed by atoms with Crippen LogP contribution >= 0.6 is 23.8 Å². The number of rotatable bonds is 6. The van der Waals surface area contributed by atoms with Crippen LogP contribution in [-0.2, 0) is 0 Å². The lowest BCUT2D eigenvalue weighted by molar-refractivity contribution is 0.817. The number of hydrogen-bond donors (Lipinski definition) is 3. The largest absolute Gasteiger partial charge is 0.361 e. The van der Waals surface area contributed by atoms with E-state index in [4.69, 9.17) is 23.8 Å². The minimum atomic E-state index is 0.501. The summed E-state index contributed by atoms with van der Waals surface area (Å²) in [7, 11) is 0. The number of hydrogen-bond acceptors (Lipinski definition) is 4. The van der Waals surface area contributed by atoms with Crippen molar-refractivity contribution in [3.8, 4) is 0 Å². The molecular formula is C13H18ClN5S. The standard InChI is InChI=1S/C13H18ClN5S/c1-3-8-15-13(20)19-16-9-10(2)17-18-12-6-4-11(14)5-7-12/h4-7,9,18H,3,8H2,1-2H3,(H2,15,19,20). The number of hydrazone groups is 2. The van der Waals surface area contributed by atoms with Gasteiger partial charge in [-0.15, -0.1) is 0 Å². The summed E-state index contributed by atoms with van der Waals surface area (Å²) in [5, 5.41) is 12.3. The first-order chi connectivity index (χ1) is 9.61. The van der Waals surface area contributed by atoms with Crippen LogP contribution in [0.3, 0.4) is 0 Å². The van der Waals surface area contributed by atoms with Crippen molar-refractivity contribution in [2.75, 3.05) is 12.0 Å². The zero-order valence-electron chi connectivity index (χ0n) is 11.5. The van der Waals surface area contributed by atoms with Gasteiger partial charge in [-0.2, -0.15) is 10.2 Å². The highest BCUT2D eigenvalue weighted by atomic mass is 35.5. The highest BCUT2D eigenvalue weighted by molar-refractivity contribution is 7.80. The van der Waals surface area contributed by atoms with Gasteiger partial charge >= 0.3 is 0 Å². The van der Waals surface area contributed by atoms with Crippen molar-refractivity contribution in [2.45, 2.75) is 20.3 Å². The molecule has 1 rings (SSSR count). The van der Waals surface area contributed by atoms with Crippen LogP contribution in [0.2, 0.25) is 5.02 Å². The van der Waals surface area contributed by atoms with Crippen LogP contribution in [0.25, 0.3) is 0 Å². The monoisotopic (exact) mass is 311 g/mol. The maximum absolute atomic E-state index is 5.80. The zero-order valence-corrected chi connectivity index (χ0v) is 13.1. The van der Waals surface area contributed by atoms with Crippen molar-refractivity contribution < 1.29 is 0 Å². The van der Waals surface area contributed by atoms with Crippen molar-refractivity contribution in [3.05, 3.63) is 29.3 Å². The van der Waals surface area contributed by atoms with Crippen LogP contribution in [-0.4, -0.2) is 23.6 Å². The van der Waals surface area contributed by atoms with E-state index in [2.05, 4.69) is 33.3 Å². The molecule has 0 saturated carbocycles. The van der Waals surface area contributed by atoms with Crippen LogP contribution < -0.4 is 16.2 Å². The Balaban J connectivity index is 2.37. The van der Waals surface area contributed by atoms with Gasteiger partial charge in [0.05, 0.1) is 17.6 Å². The summed E-state index contributed by atoms with van der Waals surface area (Å²) >= 11 is 10.8. The van der Waals surface area contributed by atoms with Gasteiger partial charge in [0.25, 0.3) is 0 Å². The van der Waals surface area contributed by atoms with Gasteiger partial charge in [0, 0.05) is 11.6 Å². The molecule has 108 valence electrons. The molecule has 0 heterocycles. The van der Waals surface area contributed by atoms with E-state index in [1.165, 1.54) is 0 Å². The van der Waals surface area contributed by atoms with Crippen molar-refractivity contribution in [2.24, 2.45) is 10.2 Å². The quantitative estimate of drug-likeness (QED) is 0.429. The average molecular weight is 312 g/mol. The smallest absolute Gasteiger partial charge is 0.186 e. The molecule has 5 nitrogen and oxygen atoms in total. The average Bonchev–Trinajstić information content (AvgIpc) is 2.44. The Hall–Kier alpha value is -1.66. The van der Waals surface area contributed by atoms with E-state index < -0.39 is 0 Å². The van der Waals surface area contributed by atoms with Crippen molar-refractivity contribution >= 4 is 46.5 Å². The van der Waals surface area contributed by atoms with Gasteiger partial charge in [-0.25, -0.2) is 0 Å². The maximum atomic E-state index is 5.80. The third kappa shape index (κ3) is 7.06. The first-order valence-corrected chi connectivity index (χ1v) is 7.03. The number of benzene rings is 1. The molecule has 0 aliphatic rings. The molecule has 0 aliphatic carbocycles. The molecule has 0 saturated heterocycles. The fraction of sp³-hybridized carbons (Fsp3) is 0.308. The Morgan fingerprint density at radius 2 is 2.05 bits per heavy atom. The van der Waals surface area contributed by atoms with Crippen molar-refractivity contribution in [1.29, 1.82) is 0 Å². The number of nitrogens with zero attached hydrogens (tertiary/aromatic N) is 2. The Kier molecular flexibility index (Phi) is 7.60. The Morgan fingerprint density at radius 1 is 1.35 bits per heavy atom. The molecule has 7 heteroatoms. The molecule has 1 aromatic carbocycles. The molecule has 0 radical (unpaired) electrons. The van der Waals surface area contributed by atoms with Crippen LogP contribution in [0.1, 0.15) is 20.3 Å². The molecule has 0 atom stereocenters. The molecule has 0 fully saturated rings. The van der Waals surface area contributed by atoms with E-state index in [-0.39, 0.29) is 0 Å². The molecule has 1 aromatic rings. The van der Waals surface area contributed by atoms with Crippen LogP contribution in [0.4, 0.5) is 5.69 Å². The predicted octanol–water partition coefficient (Wildman–Crippen LogP) is 2.99. The first kappa shape index (κ1) is 16.4. The summed E-state index contributed by atoms with van der Waals surface area (Å²) in [6.07, 6.45) is 2.60. The van der Waals surface area contributed by atoms with Gasteiger partial charge < -0.3 is 5.32 Å². The second-order valence-corrected chi connectivity index (χ2v) is 4.84. The number of thiocarbonyl (C=S) groups is 1. The molecule has 0 spiro atoms. The lowest BCUT2D eigenvalue weighted by atomic mass is 10.3. The summed E-state index contributed by atoms with van der Waals surface area (Å²) in [4.78, 5) is 0. The van der Waals surface area contributed by atoms with Gasteiger partial charge in [-0.1, -0.05) is 18.5 Å². The number of anilines is 1. The third-order valence-electron chi connectivity index (χ3n) is 2.16. The summed E-state index contributed by atoms with van der Waals surface area (Å²) in [5.74, 6) is 0. The van der Waals surface area contributed by atoms with E-state index in [1.807, 2.05) is 19.1 Å². The summed E-state index contributed by atoms with van der Waals surface area (Å²) in [6, 6.07) is 7.28. The van der Waals surface area contributed by atoms with Gasteiger partial charge in [-0.05, 0) is 49.8 Å². The number of nitrogens with one attached hydrogen (secondary N) is 3. The Morgan fingerprint density at radius 3 is 2.70 bits per heavy atom. The maximum Gasteiger partial charge on any atom is 0.186 e. The van der Waals surface area contributed by atoms with E-state index >= 15 is 0 Å². The number of halogens is 1. The summed E-state index contributed by atoms with van der Waals surface area (Å²) in [6.45, 7) is 4.72.